The molecule has 0 saturated heterocycles. The predicted molar refractivity (Wildman–Crippen MR) is 237 cm³/mol. The first-order chi connectivity index (χ1) is 27.8. The van der Waals surface area contributed by atoms with Crippen molar-refractivity contribution in [2.24, 2.45) is 0 Å². The third-order valence-electron chi connectivity index (χ3n) is 10.5. The van der Waals surface area contributed by atoms with Crippen LogP contribution in [0.3, 0.4) is 0 Å². The maximum atomic E-state index is 12.3. The Kier molecular flexibility index (Phi) is 16.5. The van der Waals surface area contributed by atoms with Gasteiger partial charge >= 0.3 is 5.97 Å². The molecule has 4 rings (SSSR count). The van der Waals surface area contributed by atoms with Crippen LogP contribution in [-0.4, -0.2) is 105 Å². The highest BCUT2D eigenvalue weighted by Gasteiger charge is 2.44. The van der Waals surface area contributed by atoms with Crippen LogP contribution in [0.1, 0.15) is 76.3 Å². The Bertz CT molecular complexity index is 2500. The normalized spacial score (nSPS) is 20.7. The molecule has 2 aromatic carbocycles. The number of allylic oxidation sites excluding steroid dienone is 6. The summed E-state index contributed by atoms with van der Waals surface area (Å²) in [5.74, 6) is -2.01. The molecule has 0 bridgehead atoms. The zero-order chi connectivity index (χ0) is 44.7. The number of benzene rings is 2. The third-order valence-corrected chi connectivity index (χ3v) is 17.5. The average Bonchev–Trinajstić information content (AvgIpc) is 3.35. The van der Waals surface area contributed by atoms with Gasteiger partial charge in [-0.2, -0.15) is 33.7 Å². The number of nitrogens with zero attached hydrogens (tertiary/aromatic N) is 2. The molecule has 2 heterocycles. The van der Waals surface area contributed by atoms with Crippen molar-refractivity contribution in [3.05, 3.63) is 83.6 Å². The van der Waals surface area contributed by atoms with Crippen LogP contribution in [0.4, 0.5) is 11.4 Å². The van der Waals surface area contributed by atoms with E-state index >= 15 is 0 Å². The molecule has 2 aromatic rings. The fourth-order valence-electron chi connectivity index (χ4n) is 7.49. The summed E-state index contributed by atoms with van der Waals surface area (Å²) in [6.45, 7) is 4.83. The van der Waals surface area contributed by atoms with Crippen molar-refractivity contribution in [3.63, 3.8) is 0 Å². The summed E-state index contributed by atoms with van der Waals surface area (Å²) < 4.78 is 143. The van der Waals surface area contributed by atoms with Gasteiger partial charge in [0.2, 0.25) is 0 Å². The highest BCUT2D eigenvalue weighted by molar-refractivity contribution is 14.2. The van der Waals surface area contributed by atoms with Gasteiger partial charge in [-0.1, -0.05) is 37.6 Å². The molecule has 334 valence electrons. The van der Waals surface area contributed by atoms with Gasteiger partial charge in [0.1, 0.15) is 0 Å². The average molecular weight is 1030 g/mol. The van der Waals surface area contributed by atoms with Crippen LogP contribution in [0.2, 0.25) is 0 Å². The predicted octanol–water partition coefficient (Wildman–Crippen LogP) is 5.72. The molecule has 0 radical (unpaired) electrons. The molecule has 2 unspecified atom stereocenters. The summed E-state index contributed by atoms with van der Waals surface area (Å²) in [6, 6.07) is 8.43. The number of hydrogen-bond acceptors (Lipinski definition) is 12. The van der Waals surface area contributed by atoms with Crippen LogP contribution in [0.15, 0.2) is 82.3 Å². The van der Waals surface area contributed by atoms with Crippen molar-refractivity contribution in [1.82, 2.24) is 0 Å². The summed E-state index contributed by atoms with van der Waals surface area (Å²) in [5, 5.41) is 9.12. The molecule has 0 fully saturated rings. The van der Waals surface area contributed by atoms with Crippen molar-refractivity contribution in [2.45, 2.75) is 85.8 Å². The van der Waals surface area contributed by atoms with Gasteiger partial charge in [-0.15, -0.1) is 0 Å². The summed E-state index contributed by atoms with van der Waals surface area (Å²) in [7, 11) is -16.3. The van der Waals surface area contributed by atoms with E-state index in [4.69, 9.17) is 9.84 Å². The van der Waals surface area contributed by atoms with Crippen molar-refractivity contribution in [1.29, 1.82) is 0 Å². The number of methoxy groups -OCH3 is 1. The van der Waals surface area contributed by atoms with Crippen molar-refractivity contribution in [3.8, 4) is 0 Å². The Morgan fingerprint density at radius 3 is 1.80 bits per heavy atom. The molecular weight excluding hydrogens is 980 g/mol. The molecule has 5 N–H and O–H groups in total. The zero-order valence-corrected chi connectivity index (χ0v) is 38.7. The second-order valence-electron chi connectivity index (χ2n) is 14.9. The van der Waals surface area contributed by atoms with Gasteiger partial charge < -0.3 is 17.9 Å². The molecule has 0 aromatic heterocycles. The van der Waals surface area contributed by atoms with E-state index in [-0.39, 0.29) is 41.9 Å². The Labute approximate surface area is 362 Å². The second-order valence-corrected chi connectivity index (χ2v) is 23.7. The minimum Gasteiger partial charge on any atom is -0.481 e. The Morgan fingerprint density at radius 1 is 0.717 bits per heavy atom. The minimum atomic E-state index is -4.63. The monoisotopic (exact) mass is 1030 g/mol. The summed E-state index contributed by atoms with van der Waals surface area (Å²) >= 11 is -0.999. The van der Waals surface area contributed by atoms with E-state index in [1.165, 1.54) is 24.3 Å². The smallest absolute Gasteiger partial charge is 0.303 e. The van der Waals surface area contributed by atoms with E-state index in [1.54, 1.807) is 50.5 Å². The van der Waals surface area contributed by atoms with Gasteiger partial charge in [0, 0.05) is 72.5 Å². The number of hydrogen-bond donors (Lipinski definition) is 5. The molecule has 0 aliphatic carbocycles. The van der Waals surface area contributed by atoms with Gasteiger partial charge in [0.25, 0.3) is 40.5 Å². The number of ether oxygens (including phenoxy) is 1. The molecule has 0 saturated carbocycles. The van der Waals surface area contributed by atoms with Crippen LogP contribution in [-0.2, 0) is 60.8 Å². The number of carboxylic acids is 1. The Balaban J connectivity index is 1.81. The SMILES string of the molecule is COCCN1I=C(/C=C/C=C/C=C2/N(CCCCCC(=O)O)c3ccc(S(=O)(=O)O)cc3C2(C)CCCS(=O)(=O)O)C(C)(CCCS(=O)(=O)O)c2cc(S(=O)(=O)O)ccc21. The largest absolute Gasteiger partial charge is 0.481 e. The van der Waals surface area contributed by atoms with Gasteiger partial charge in [0.05, 0.1) is 34.4 Å². The minimum absolute atomic E-state index is 0.00320. The number of rotatable bonds is 22. The van der Waals surface area contributed by atoms with E-state index in [9.17, 15) is 56.7 Å². The lowest BCUT2D eigenvalue weighted by Crippen LogP contribution is -2.38. The molecular formula is C38H51IN2O15S4. The first-order valence-corrected chi connectivity index (χ1v) is 26.9. The van der Waals surface area contributed by atoms with Crippen LogP contribution in [0, 0.1) is 0 Å². The highest BCUT2D eigenvalue weighted by atomic mass is 127. The van der Waals surface area contributed by atoms with E-state index in [0.717, 1.165) is 3.51 Å². The Morgan fingerprint density at radius 2 is 1.27 bits per heavy atom. The standard InChI is InChI=1S/C38H51IN2O15S4/c1-37(19-10-24-57(44,45)46)31-27-29(60(53,54)55)16-18-33(31)41(22-23-56-3)39-34(37)12-6-4-7-13-35-38(2,20-11-25-58(47,48)49)30-26-28(59(50,51)52)15-17-32(30)40(35)21-9-5-8-14-36(42)43/h4,6-7,12-13,15-18,26-27H,5,8-11,14,19-25H2,1-3H3,(H,42,43)(H,44,45,46)(H,47,48,49)(H,50,51,52)(H,53,54,55)/b7-4+,12-6+,35-13+. The lowest BCUT2D eigenvalue weighted by atomic mass is 9.75. The number of aliphatic carboxylic acids is 1. The molecule has 60 heavy (non-hydrogen) atoms. The number of anilines is 2. The maximum absolute atomic E-state index is 12.3. The molecule has 2 aliphatic rings. The van der Waals surface area contributed by atoms with Crippen LogP contribution >= 0.6 is 21.0 Å². The summed E-state index contributed by atoms with van der Waals surface area (Å²) in [5.41, 5.74) is 1.03. The molecule has 17 nitrogen and oxygen atoms in total. The first kappa shape index (κ1) is 49.6. The number of fused-ring (bicyclic) bond motifs is 2. The van der Waals surface area contributed by atoms with Gasteiger partial charge in [0.15, 0.2) is 0 Å². The van der Waals surface area contributed by atoms with E-state index in [2.05, 4.69) is 3.11 Å². The number of halogens is 1. The highest BCUT2D eigenvalue weighted by Crippen LogP contribution is 2.51. The number of unbranched alkanes of at least 4 members (excludes halogenated alkanes) is 2. The Hall–Kier alpha value is -3.07. The quantitative estimate of drug-likeness (QED) is 0.0310. The number of carbonyl (C=O) groups is 1. The molecule has 22 heteroatoms. The van der Waals surface area contributed by atoms with Crippen LogP contribution in [0.25, 0.3) is 0 Å². The lowest BCUT2D eigenvalue weighted by Gasteiger charge is -2.40. The fraction of sp³-hybridized carbons (Fsp3) is 0.474. The number of carboxylic acid groups (broad SMARTS) is 1. The van der Waals surface area contributed by atoms with Crippen LogP contribution < -0.4 is 8.01 Å². The van der Waals surface area contributed by atoms with Crippen molar-refractivity contribution >= 4 is 82.3 Å². The third kappa shape index (κ3) is 13.0. The summed E-state index contributed by atoms with van der Waals surface area (Å²) in [6.07, 6.45) is 10.7. The maximum Gasteiger partial charge on any atom is 0.303 e. The topological polar surface area (TPSA) is 270 Å². The molecule has 2 aliphatic heterocycles. The van der Waals surface area contributed by atoms with E-state index < -0.39 is 89.8 Å². The molecule has 0 amide bonds. The van der Waals surface area contributed by atoms with Gasteiger partial charge in [-0.25, -0.2) is 0 Å². The van der Waals surface area contributed by atoms with E-state index in [0.29, 0.717) is 67.2 Å². The van der Waals surface area contributed by atoms with Gasteiger partial charge in [-0.3, -0.25) is 23.0 Å². The lowest BCUT2D eigenvalue weighted by molar-refractivity contribution is -0.137. The van der Waals surface area contributed by atoms with E-state index in [1.807, 2.05) is 17.9 Å². The van der Waals surface area contributed by atoms with Crippen LogP contribution in [0.5, 0.6) is 0 Å². The summed E-state index contributed by atoms with van der Waals surface area (Å²) in [4.78, 5) is 12.4. The second kappa shape index (κ2) is 20.0. The van der Waals surface area contributed by atoms with Crippen molar-refractivity contribution in [2.75, 3.05) is 46.3 Å². The molecule has 0 spiro atoms. The van der Waals surface area contributed by atoms with Crippen molar-refractivity contribution < 1.29 is 66.5 Å². The molecule has 2 atom stereocenters. The van der Waals surface area contributed by atoms with Gasteiger partial charge in [-0.05, 0) is 99.0 Å². The first-order valence-electron chi connectivity index (χ1n) is 18.8. The fourth-order valence-corrected chi connectivity index (χ4v) is 12.7. The zero-order valence-electron chi connectivity index (χ0n) is 33.3.